The highest BCUT2D eigenvalue weighted by atomic mass is 35.5. The fourth-order valence-electron chi connectivity index (χ4n) is 6.33. The van der Waals surface area contributed by atoms with Gasteiger partial charge in [-0.1, -0.05) is 29.8 Å². The quantitative estimate of drug-likeness (QED) is 0.416. The molecular weight excluding hydrogens is 488 g/mol. The Bertz CT molecular complexity index is 1050. The monoisotopic (exact) mass is 520 g/mol. The summed E-state index contributed by atoms with van der Waals surface area (Å²) in [5, 5.41) is 10.5. The number of carbonyl (C=O) groups is 3. The Kier molecular flexibility index (Phi) is 7.03. The zero-order valence-corrected chi connectivity index (χ0v) is 22.2. The van der Waals surface area contributed by atoms with Crippen LogP contribution in [0.3, 0.4) is 0 Å². The van der Waals surface area contributed by atoms with Crippen LogP contribution in [0.15, 0.2) is 30.9 Å². The average molecular weight is 521 g/mol. The zero-order valence-electron chi connectivity index (χ0n) is 20.6. The van der Waals surface area contributed by atoms with E-state index in [9.17, 15) is 19.5 Å². The number of para-hydroxylation sites is 1. The van der Waals surface area contributed by atoms with Gasteiger partial charge in [-0.15, -0.1) is 18.3 Å². The minimum atomic E-state index is -0.857. The number of benzene rings is 1. The molecule has 1 N–H and O–H groups in total. The van der Waals surface area contributed by atoms with E-state index >= 15 is 0 Å². The molecule has 7 nitrogen and oxygen atoms in total. The van der Waals surface area contributed by atoms with Crippen molar-refractivity contribution in [2.45, 2.75) is 62.1 Å². The second-order valence-electron chi connectivity index (χ2n) is 9.90. The molecule has 1 aromatic rings. The van der Waals surface area contributed by atoms with Gasteiger partial charge < -0.3 is 19.6 Å². The van der Waals surface area contributed by atoms with E-state index in [2.05, 4.69) is 6.58 Å². The Labute approximate surface area is 215 Å². The summed E-state index contributed by atoms with van der Waals surface area (Å²) in [5.74, 6) is -2.27. The first-order chi connectivity index (χ1) is 16.6. The lowest BCUT2D eigenvalue weighted by Gasteiger charge is -2.39. The summed E-state index contributed by atoms with van der Waals surface area (Å²) in [6, 6.07) is 3.99. The number of aliphatic hydroxyl groups is 1. The Balaban J connectivity index is 1.86. The third-order valence-corrected chi connectivity index (χ3v) is 10.1. The molecule has 9 heteroatoms. The predicted octanol–water partition coefficient (Wildman–Crippen LogP) is 3.59. The smallest absolute Gasteiger partial charge is 0.311 e. The van der Waals surface area contributed by atoms with Crippen molar-refractivity contribution in [3.8, 4) is 0 Å². The summed E-state index contributed by atoms with van der Waals surface area (Å²) < 4.78 is 4.11. The maximum Gasteiger partial charge on any atom is 0.311 e. The van der Waals surface area contributed by atoms with Crippen LogP contribution >= 0.6 is 23.4 Å². The summed E-state index contributed by atoms with van der Waals surface area (Å²) >= 11 is 8.13. The van der Waals surface area contributed by atoms with Crippen molar-refractivity contribution in [1.29, 1.82) is 0 Å². The first-order valence-electron chi connectivity index (χ1n) is 12.0. The number of anilines is 1. The molecule has 6 atom stereocenters. The van der Waals surface area contributed by atoms with Crippen LogP contribution in [0.4, 0.5) is 5.69 Å². The fraction of sp³-hybridized carbons (Fsp3) is 0.577. The van der Waals surface area contributed by atoms with Gasteiger partial charge in [0, 0.05) is 11.3 Å². The first-order valence-corrected chi connectivity index (χ1v) is 13.2. The molecule has 0 aromatic heterocycles. The highest BCUT2D eigenvalue weighted by Crippen LogP contribution is 2.71. The van der Waals surface area contributed by atoms with Crippen molar-refractivity contribution in [2.75, 3.05) is 24.7 Å². The highest BCUT2D eigenvalue weighted by molar-refractivity contribution is 8.02. The lowest BCUT2D eigenvalue weighted by atomic mass is 9.66. The van der Waals surface area contributed by atoms with E-state index in [4.69, 9.17) is 16.3 Å². The molecule has 0 radical (unpaired) electrons. The lowest BCUT2D eigenvalue weighted by Crippen LogP contribution is -2.57. The molecule has 2 bridgehead atoms. The molecule has 4 rings (SSSR count). The van der Waals surface area contributed by atoms with Crippen molar-refractivity contribution >= 4 is 46.8 Å². The van der Waals surface area contributed by atoms with Gasteiger partial charge in [0.05, 0.1) is 46.5 Å². The zero-order chi connectivity index (χ0) is 25.7. The molecule has 3 saturated heterocycles. The van der Waals surface area contributed by atoms with Crippen LogP contribution < -0.4 is 4.90 Å². The van der Waals surface area contributed by atoms with Gasteiger partial charge in [-0.3, -0.25) is 14.4 Å². The number of halogens is 1. The molecule has 3 heterocycles. The van der Waals surface area contributed by atoms with Crippen LogP contribution in [0.25, 0.3) is 0 Å². The second kappa shape index (κ2) is 9.45. The fourth-order valence-corrected chi connectivity index (χ4v) is 8.98. The maximum atomic E-state index is 14.5. The van der Waals surface area contributed by atoms with E-state index in [-0.39, 0.29) is 31.6 Å². The standard InChI is InChI=1S/C26H33ClN2O5S/c1-6-13-28(20-15(3)9-8-10-17(20)27)23(32)21-26-12-11-25(5,35-26)19(24(33)34-7-2)18(26)22(31)29(21)16(4)14-30/h6,8-10,16,18-19,21,30H,1,7,11-14H2,2-5H3/t16-,18+,19+,21?,25-,26?/m1/s1. The number of amides is 2. The highest BCUT2D eigenvalue weighted by Gasteiger charge is 2.78. The topological polar surface area (TPSA) is 87.2 Å². The molecule has 2 amide bonds. The number of likely N-dealkylation sites (tertiary alicyclic amines) is 1. The normalized spacial score (nSPS) is 31.9. The van der Waals surface area contributed by atoms with Gasteiger partial charge in [-0.05, 0) is 52.2 Å². The van der Waals surface area contributed by atoms with Gasteiger partial charge in [0.15, 0.2) is 0 Å². The van der Waals surface area contributed by atoms with Crippen molar-refractivity contribution < 1.29 is 24.2 Å². The van der Waals surface area contributed by atoms with Gasteiger partial charge in [-0.25, -0.2) is 0 Å². The van der Waals surface area contributed by atoms with Crippen LogP contribution in [0.5, 0.6) is 0 Å². The minimum absolute atomic E-state index is 0.208. The number of aryl methyl sites for hydroxylation is 1. The summed E-state index contributed by atoms with van der Waals surface area (Å²) in [4.78, 5) is 44.7. The Morgan fingerprint density at radius 1 is 1.43 bits per heavy atom. The molecule has 1 aromatic carbocycles. The van der Waals surface area contributed by atoms with E-state index in [0.717, 1.165) is 5.56 Å². The Morgan fingerprint density at radius 3 is 2.74 bits per heavy atom. The molecule has 0 aliphatic carbocycles. The van der Waals surface area contributed by atoms with Crippen molar-refractivity contribution in [3.63, 3.8) is 0 Å². The number of carbonyl (C=O) groups excluding carboxylic acids is 3. The van der Waals surface area contributed by atoms with Crippen molar-refractivity contribution in [1.82, 2.24) is 4.90 Å². The van der Waals surface area contributed by atoms with Crippen molar-refractivity contribution in [3.05, 3.63) is 41.4 Å². The summed E-state index contributed by atoms with van der Waals surface area (Å²) in [7, 11) is 0. The molecule has 3 aliphatic heterocycles. The molecule has 35 heavy (non-hydrogen) atoms. The molecule has 3 aliphatic rings. The number of esters is 1. The van der Waals surface area contributed by atoms with Gasteiger partial charge in [-0.2, -0.15) is 0 Å². The number of aliphatic hydroxyl groups excluding tert-OH is 1. The van der Waals surface area contributed by atoms with Gasteiger partial charge >= 0.3 is 5.97 Å². The van der Waals surface area contributed by atoms with E-state index in [0.29, 0.717) is 23.6 Å². The SMILES string of the molecule is C=CCN(C(=O)C1N([C@H](C)CO)C(=O)[C@@H]2[C@@H](C(=O)OCC)[C@@]3(C)CCC12S3)c1c(C)cccc1Cl. The van der Waals surface area contributed by atoms with Crippen molar-refractivity contribution in [2.24, 2.45) is 11.8 Å². The molecule has 2 unspecified atom stereocenters. The Morgan fingerprint density at radius 2 is 2.14 bits per heavy atom. The number of rotatable bonds is 8. The largest absolute Gasteiger partial charge is 0.466 e. The lowest BCUT2D eigenvalue weighted by molar-refractivity contribution is -0.155. The third kappa shape index (κ3) is 3.80. The number of thioether (sulfide) groups is 1. The number of hydrogen-bond acceptors (Lipinski definition) is 6. The third-order valence-electron chi connectivity index (χ3n) is 7.76. The minimum Gasteiger partial charge on any atom is -0.466 e. The van der Waals surface area contributed by atoms with E-state index in [1.165, 1.54) is 4.90 Å². The van der Waals surface area contributed by atoms with Gasteiger partial charge in [0.25, 0.3) is 5.91 Å². The average Bonchev–Trinajstić information content (AvgIpc) is 3.38. The van der Waals surface area contributed by atoms with E-state index in [1.54, 1.807) is 42.7 Å². The number of nitrogens with zero attached hydrogens (tertiary/aromatic N) is 2. The van der Waals surface area contributed by atoms with Crippen LogP contribution in [0, 0.1) is 18.8 Å². The molecule has 1 spiro atoms. The van der Waals surface area contributed by atoms with Gasteiger partial charge in [0.1, 0.15) is 6.04 Å². The van der Waals surface area contributed by atoms with Gasteiger partial charge in [0.2, 0.25) is 5.91 Å². The number of fused-ring (bicyclic) bond motifs is 1. The maximum absolute atomic E-state index is 14.5. The Hall–Kier alpha value is -2.03. The van der Waals surface area contributed by atoms with Crippen LogP contribution in [0.1, 0.15) is 39.2 Å². The number of hydrogen-bond donors (Lipinski definition) is 1. The van der Waals surface area contributed by atoms with Crippen LogP contribution in [0.2, 0.25) is 5.02 Å². The summed E-state index contributed by atoms with van der Waals surface area (Å²) in [5.41, 5.74) is 1.40. The molecule has 3 fully saturated rings. The van der Waals surface area contributed by atoms with Crippen LogP contribution in [-0.2, 0) is 19.1 Å². The summed E-state index contributed by atoms with van der Waals surface area (Å²) in [6.07, 6.45) is 2.95. The van der Waals surface area contributed by atoms with E-state index < -0.39 is 39.4 Å². The van der Waals surface area contributed by atoms with Crippen LogP contribution in [-0.4, -0.2) is 69.1 Å². The second-order valence-corrected chi connectivity index (χ2v) is 12.2. The molecular formula is C26H33ClN2O5S. The first kappa shape index (κ1) is 26.0. The number of ether oxygens (including phenoxy) is 1. The predicted molar refractivity (Wildman–Crippen MR) is 137 cm³/mol. The molecule has 190 valence electrons. The summed E-state index contributed by atoms with van der Waals surface area (Å²) in [6.45, 7) is 11.3. The van der Waals surface area contributed by atoms with E-state index in [1.807, 2.05) is 26.0 Å². The molecule has 0 saturated carbocycles.